The van der Waals surface area contributed by atoms with Gasteiger partial charge in [0.15, 0.2) is 9.84 Å². The summed E-state index contributed by atoms with van der Waals surface area (Å²) in [7, 11) is -4.16. The summed E-state index contributed by atoms with van der Waals surface area (Å²) in [6.07, 6.45) is -3.30. The van der Waals surface area contributed by atoms with E-state index in [0.29, 0.717) is 31.2 Å². The maximum absolute atomic E-state index is 14.4. The van der Waals surface area contributed by atoms with Crippen molar-refractivity contribution in [2.75, 3.05) is 0 Å². The molecule has 4 aromatic rings. The largest absolute Gasteiger partial charge is 0.416 e. The number of halogens is 8. The fraction of sp³-hybridized carbons (Fsp3) is 0.125. The Morgan fingerprint density at radius 1 is 0.512 bits per heavy atom. The highest BCUT2D eigenvalue weighted by atomic mass is 79.9. The Morgan fingerprint density at radius 3 is 1.09 bits per heavy atom. The predicted octanol–water partition coefficient (Wildman–Crippen LogP) is 10.9. The highest BCUT2D eigenvalue weighted by Crippen LogP contribution is 2.38. The molecule has 0 aliphatic rings. The van der Waals surface area contributed by atoms with E-state index in [1.54, 1.807) is 48.5 Å². The third-order valence-electron chi connectivity index (χ3n) is 6.51. The molecule has 2 atom stereocenters. The molecule has 2 nitrogen and oxygen atoms in total. The first kappa shape index (κ1) is 32.8. The number of alkyl halides is 6. The fourth-order valence-electron chi connectivity index (χ4n) is 4.25. The molecule has 0 fully saturated rings. The predicted molar refractivity (Wildman–Crippen MR) is 164 cm³/mol. The van der Waals surface area contributed by atoms with Crippen molar-refractivity contribution in [1.82, 2.24) is 0 Å². The molecule has 11 heteroatoms. The molecule has 0 heterocycles. The first-order valence-electron chi connectivity index (χ1n) is 12.6. The van der Waals surface area contributed by atoms with Gasteiger partial charge in [0.05, 0.1) is 11.1 Å². The van der Waals surface area contributed by atoms with E-state index >= 15 is 0 Å². The Kier molecular flexibility index (Phi) is 10.1. The molecule has 43 heavy (non-hydrogen) atoms. The first-order valence-corrected chi connectivity index (χ1v) is 15.8. The van der Waals surface area contributed by atoms with Crippen LogP contribution in [0.25, 0.3) is 12.2 Å². The summed E-state index contributed by atoms with van der Waals surface area (Å²) in [5.41, 5.74) is -0.0970. The quantitative estimate of drug-likeness (QED) is 0.168. The monoisotopic (exact) mass is 742 g/mol. The summed E-state index contributed by atoms with van der Waals surface area (Å²) in [4.78, 5) is 0. The molecule has 0 aliphatic heterocycles. The second kappa shape index (κ2) is 13.2. The summed E-state index contributed by atoms with van der Waals surface area (Å²) in [6.45, 7) is 0. The van der Waals surface area contributed by atoms with E-state index in [4.69, 9.17) is 0 Å². The zero-order valence-corrected chi connectivity index (χ0v) is 25.9. The lowest BCUT2D eigenvalue weighted by Gasteiger charge is -2.22. The average molecular weight is 744 g/mol. The molecule has 0 spiro atoms. The van der Waals surface area contributed by atoms with Crippen molar-refractivity contribution in [2.45, 2.75) is 22.9 Å². The zero-order valence-electron chi connectivity index (χ0n) is 22.0. The molecule has 0 saturated carbocycles. The second-order valence-electron chi connectivity index (χ2n) is 9.49. The number of rotatable bonds is 8. The van der Waals surface area contributed by atoms with Gasteiger partial charge in [-0.1, -0.05) is 105 Å². The van der Waals surface area contributed by atoms with Crippen LogP contribution in [-0.2, 0) is 22.2 Å². The van der Waals surface area contributed by atoms with Crippen molar-refractivity contribution in [1.29, 1.82) is 0 Å². The molecular weight excluding hydrogens is 722 g/mol. The van der Waals surface area contributed by atoms with E-state index in [0.717, 1.165) is 24.3 Å². The lowest BCUT2D eigenvalue weighted by Crippen LogP contribution is -2.19. The molecule has 0 radical (unpaired) electrons. The number of benzene rings is 4. The maximum Gasteiger partial charge on any atom is 0.416 e. The van der Waals surface area contributed by atoms with Gasteiger partial charge in [0.2, 0.25) is 0 Å². The number of sulfone groups is 1. The van der Waals surface area contributed by atoms with Gasteiger partial charge in [-0.15, -0.1) is 0 Å². The Morgan fingerprint density at radius 2 is 0.814 bits per heavy atom. The molecule has 0 aliphatic carbocycles. The van der Waals surface area contributed by atoms with Gasteiger partial charge in [-0.2, -0.15) is 26.3 Å². The number of hydrogen-bond donors (Lipinski definition) is 0. The van der Waals surface area contributed by atoms with Crippen LogP contribution in [-0.4, -0.2) is 8.42 Å². The van der Waals surface area contributed by atoms with Gasteiger partial charge in [-0.25, -0.2) is 8.42 Å². The van der Waals surface area contributed by atoms with E-state index in [9.17, 15) is 34.8 Å². The van der Waals surface area contributed by atoms with E-state index in [1.165, 1.54) is 48.6 Å². The molecular formula is C32H22Br2F6O2S. The van der Waals surface area contributed by atoms with Gasteiger partial charge in [0.25, 0.3) is 0 Å². The fourth-order valence-corrected chi connectivity index (χ4v) is 6.76. The Bertz CT molecular complexity index is 1570. The smallest absolute Gasteiger partial charge is 0.227 e. The van der Waals surface area contributed by atoms with Crippen molar-refractivity contribution in [3.8, 4) is 0 Å². The summed E-state index contributed by atoms with van der Waals surface area (Å²) < 4.78 is 108. The van der Waals surface area contributed by atoms with Gasteiger partial charge < -0.3 is 0 Å². The van der Waals surface area contributed by atoms with Crippen LogP contribution in [0.2, 0.25) is 0 Å². The van der Waals surface area contributed by atoms with Crippen LogP contribution in [0.1, 0.15) is 43.9 Å². The Balaban J connectivity index is 1.78. The normalized spacial score (nSPS) is 14.3. The summed E-state index contributed by atoms with van der Waals surface area (Å²) in [5, 5.41) is -2.46. The minimum atomic E-state index is -4.51. The van der Waals surface area contributed by atoms with Crippen LogP contribution in [0.5, 0.6) is 0 Å². The van der Waals surface area contributed by atoms with Crippen molar-refractivity contribution in [3.05, 3.63) is 152 Å². The van der Waals surface area contributed by atoms with E-state index in [-0.39, 0.29) is 0 Å². The molecule has 0 aromatic heterocycles. The topological polar surface area (TPSA) is 34.1 Å². The van der Waals surface area contributed by atoms with Crippen LogP contribution in [0.4, 0.5) is 26.3 Å². The van der Waals surface area contributed by atoms with Gasteiger partial charge >= 0.3 is 12.4 Å². The van der Waals surface area contributed by atoms with Crippen LogP contribution < -0.4 is 0 Å². The molecule has 0 N–H and O–H groups in total. The van der Waals surface area contributed by atoms with E-state index < -0.39 is 43.8 Å². The SMILES string of the molecule is O=S(=O)(C(/C=C/c1ccc(C(F)(F)F)cc1)c1ccc(Br)cc1)C(/C=C/c1ccc(C(F)(F)F)cc1)c1ccc(Br)cc1. The van der Waals surface area contributed by atoms with E-state index in [2.05, 4.69) is 31.9 Å². The average Bonchev–Trinajstić information content (AvgIpc) is 2.94. The highest BCUT2D eigenvalue weighted by Gasteiger charge is 2.34. The molecule has 2 unspecified atom stereocenters. The first-order chi connectivity index (χ1) is 20.1. The van der Waals surface area contributed by atoms with Crippen LogP contribution in [0.15, 0.2) is 118 Å². The molecule has 4 rings (SSSR count). The van der Waals surface area contributed by atoms with Crippen molar-refractivity contribution < 1.29 is 34.8 Å². The van der Waals surface area contributed by atoms with Gasteiger partial charge in [0.1, 0.15) is 10.5 Å². The van der Waals surface area contributed by atoms with Crippen molar-refractivity contribution >= 4 is 53.8 Å². The van der Waals surface area contributed by atoms with Gasteiger partial charge in [0, 0.05) is 8.95 Å². The molecule has 0 amide bonds. The third kappa shape index (κ3) is 8.49. The van der Waals surface area contributed by atoms with Crippen LogP contribution in [0, 0.1) is 0 Å². The van der Waals surface area contributed by atoms with Crippen LogP contribution >= 0.6 is 31.9 Å². The zero-order chi connectivity index (χ0) is 31.4. The lowest BCUT2D eigenvalue weighted by atomic mass is 10.1. The summed E-state index contributed by atoms with van der Waals surface area (Å²) in [6, 6.07) is 21.9. The summed E-state index contributed by atoms with van der Waals surface area (Å²) >= 11 is 6.68. The minimum absolute atomic E-state index is 0.366. The summed E-state index contributed by atoms with van der Waals surface area (Å²) in [5.74, 6) is 0. The molecule has 224 valence electrons. The standard InChI is InChI=1S/C32H22Br2F6O2S/c33-27-15-7-23(8-16-27)29(19-5-21-1-11-25(12-2-21)31(35,36)37)43(41,42)30(24-9-17-28(34)18-10-24)20-6-22-3-13-26(14-4-22)32(38,39)40/h1-20,29-30H/b19-5+,20-6+. The lowest BCUT2D eigenvalue weighted by molar-refractivity contribution is -0.138. The maximum atomic E-state index is 14.4. The Hall–Kier alpha value is -3.15. The van der Waals surface area contributed by atoms with Gasteiger partial charge in [-0.05, 0) is 70.8 Å². The highest BCUT2D eigenvalue weighted by molar-refractivity contribution is 9.10. The Labute approximate surface area is 261 Å². The molecule has 0 bridgehead atoms. The molecule has 4 aromatic carbocycles. The van der Waals surface area contributed by atoms with Crippen molar-refractivity contribution in [2.24, 2.45) is 0 Å². The second-order valence-corrected chi connectivity index (χ2v) is 13.5. The van der Waals surface area contributed by atoms with Gasteiger partial charge in [-0.3, -0.25) is 0 Å². The minimum Gasteiger partial charge on any atom is -0.227 e. The number of hydrogen-bond acceptors (Lipinski definition) is 2. The molecule has 0 saturated heterocycles. The third-order valence-corrected chi connectivity index (χ3v) is 9.84. The van der Waals surface area contributed by atoms with Crippen LogP contribution in [0.3, 0.4) is 0 Å². The van der Waals surface area contributed by atoms with E-state index in [1.807, 2.05) is 0 Å². The van der Waals surface area contributed by atoms with Crippen molar-refractivity contribution in [3.63, 3.8) is 0 Å².